The average molecular weight is 296 g/mol. The van der Waals surface area contributed by atoms with Gasteiger partial charge in [0.1, 0.15) is 17.8 Å². The van der Waals surface area contributed by atoms with E-state index in [4.69, 9.17) is 5.26 Å². The first kappa shape index (κ1) is 13.5. The minimum absolute atomic E-state index is 0.467. The van der Waals surface area contributed by atoms with E-state index in [1.807, 2.05) is 12.3 Å². The van der Waals surface area contributed by atoms with E-state index in [0.29, 0.717) is 18.6 Å². The van der Waals surface area contributed by atoms with Crippen LogP contribution in [0.15, 0.2) is 18.6 Å². The third-order valence-corrected chi connectivity index (χ3v) is 5.06. The maximum atomic E-state index is 9.13. The normalized spacial score (nSPS) is 22.2. The molecule has 2 aromatic rings. The second-order valence-corrected chi connectivity index (χ2v) is 6.24. The fourth-order valence-corrected chi connectivity index (χ4v) is 3.67. The predicted molar refractivity (Wildman–Crippen MR) is 84.5 cm³/mol. The summed E-state index contributed by atoms with van der Waals surface area (Å²) in [5, 5.41) is 10.2. The molecule has 3 heterocycles. The van der Waals surface area contributed by atoms with Gasteiger partial charge in [0, 0.05) is 31.4 Å². The number of nitrogens with zero attached hydrogens (tertiary/aromatic N) is 5. The summed E-state index contributed by atoms with van der Waals surface area (Å²) in [5.74, 6) is 1.01. The summed E-state index contributed by atoms with van der Waals surface area (Å²) < 4.78 is 0. The van der Waals surface area contributed by atoms with E-state index < -0.39 is 0 Å². The second kappa shape index (κ2) is 5.58. The second-order valence-electron chi connectivity index (χ2n) is 6.24. The number of aromatic amines is 1. The van der Waals surface area contributed by atoms with Crippen molar-refractivity contribution >= 4 is 16.9 Å². The third-order valence-electron chi connectivity index (χ3n) is 5.06. The van der Waals surface area contributed by atoms with Crippen LogP contribution in [0.5, 0.6) is 0 Å². The molecule has 1 saturated carbocycles. The quantitative estimate of drug-likeness (QED) is 0.873. The van der Waals surface area contributed by atoms with Gasteiger partial charge in [0.2, 0.25) is 0 Å². The van der Waals surface area contributed by atoms with Crippen molar-refractivity contribution in [2.45, 2.75) is 37.8 Å². The largest absolute Gasteiger partial charge is 0.354 e. The van der Waals surface area contributed by atoms with Crippen molar-refractivity contribution in [3.63, 3.8) is 0 Å². The van der Waals surface area contributed by atoms with Crippen molar-refractivity contribution in [1.82, 2.24) is 19.9 Å². The molecule has 0 bridgehead atoms. The summed E-state index contributed by atoms with van der Waals surface area (Å²) in [7, 11) is 0. The van der Waals surface area contributed by atoms with Crippen LogP contribution in [0, 0.1) is 11.3 Å². The fraction of sp³-hybridized carbons (Fsp3) is 0.562. The van der Waals surface area contributed by atoms with E-state index in [1.165, 1.54) is 19.3 Å². The van der Waals surface area contributed by atoms with Crippen LogP contribution >= 0.6 is 0 Å². The van der Waals surface area contributed by atoms with E-state index in [-0.39, 0.29) is 0 Å². The lowest BCUT2D eigenvalue weighted by atomic mass is 9.90. The van der Waals surface area contributed by atoms with E-state index >= 15 is 0 Å². The molecule has 0 spiro atoms. The summed E-state index contributed by atoms with van der Waals surface area (Å²) >= 11 is 0. The number of aromatic nitrogens is 3. The smallest absolute Gasteiger partial charge is 0.142 e. The van der Waals surface area contributed by atoms with Crippen molar-refractivity contribution in [3.05, 3.63) is 18.6 Å². The van der Waals surface area contributed by atoms with Crippen LogP contribution in [-0.2, 0) is 0 Å². The molecular weight excluding hydrogens is 276 g/mol. The molecule has 1 atom stereocenters. The molecule has 2 aliphatic rings. The van der Waals surface area contributed by atoms with Gasteiger partial charge in [0.25, 0.3) is 0 Å². The van der Waals surface area contributed by atoms with E-state index in [9.17, 15) is 0 Å². The molecular formula is C16H20N6. The lowest BCUT2D eigenvalue weighted by Crippen LogP contribution is -2.48. The Balaban J connectivity index is 1.54. The van der Waals surface area contributed by atoms with Gasteiger partial charge in [0.15, 0.2) is 0 Å². The zero-order valence-corrected chi connectivity index (χ0v) is 12.6. The van der Waals surface area contributed by atoms with Gasteiger partial charge in [-0.05, 0) is 25.3 Å². The number of H-pyrrole nitrogens is 1. The number of nitrogens with one attached hydrogen (secondary N) is 1. The molecule has 4 rings (SSSR count). The SMILES string of the molecule is N#CCN(C1CCC1)C1CCN(c2ncnc3[nH]ccc23)C1. The van der Waals surface area contributed by atoms with Crippen LogP contribution < -0.4 is 4.90 Å². The zero-order chi connectivity index (χ0) is 14.9. The molecule has 1 N–H and O–H groups in total. The van der Waals surface area contributed by atoms with Crippen molar-refractivity contribution in [2.75, 3.05) is 24.5 Å². The first-order valence-electron chi connectivity index (χ1n) is 8.02. The summed E-state index contributed by atoms with van der Waals surface area (Å²) in [6, 6.07) is 5.47. The van der Waals surface area contributed by atoms with Gasteiger partial charge in [-0.25, -0.2) is 9.97 Å². The summed E-state index contributed by atoms with van der Waals surface area (Å²) in [4.78, 5) is 16.6. The lowest BCUT2D eigenvalue weighted by Gasteiger charge is -2.39. The molecule has 2 aromatic heterocycles. The summed E-state index contributed by atoms with van der Waals surface area (Å²) in [5.41, 5.74) is 0.890. The van der Waals surface area contributed by atoms with Crippen molar-refractivity contribution in [2.24, 2.45) is 0 Å². The average Bonchev–Trinajstić information content (AvgIpc) is 3.13. The minimum Gasteiger partial charge on any atom is -0.354 e. The zero-order valence-electron chi connectivity index (χ0n) is 12.6. The van der Waals surface area contributed by atoms with E-state index in [0.717, 1.165) is 36.4 Å². The number of anilines is 1. The number of nitriles is 1. The van der Waals surface area contributed by atoms with Gasteiger partial charge < -0.3 is 9.88 Å². The molecule has 1 saturated heterocycles. The van der Waals surface area contributed by atoms with E-state index in [2.05, 4.69) is 30.8 Å². The fourth-order valence-electron chi connectivity index (χ4n) is 3.67. The minimum atomic E-state index is 0.467. The van der Waals surface area contributed by atoms with Gasteiger partial charge >= 0.3 is 0 Å². The van der Waals surface area contributed by atoms with Crippen molar-refractivity contribution in [1.29, 1.82) is 5.26 Å². The van der Waals surface area contributed by atoms with Crippen molar-refractivity contribution in [3.8, 4) is 6.07 Å². The highest BCUT2D eigenvalue weighted by Crippen LogP contribution is 2.31. The monoisotopic (exact) mass is 296 g/mol. The Hall–Kier alpha value is -2.13. The Kier molecular flexibility index (Phi) is 3.43. The lowest BCUT2D eigenvalue weighted by molar-refractivity contribution is 0.103. The Bertz CT molecular complexity index is 698. The molecule has 0 radical (unpaired) electrons. The molecule has 1 unspecified atom stereocenters. The highest BCUT2D eigenvalue weighted by molar-refractivity contribution is 5.87. The molecule has 2 fully saturated rings. The van der Waals surface area contributed by atoms with Gasteiger partial charge in [-0.2, -0.15) is 5.26 Å². The summed E-state index contributed by atoms with van der Waals surface area (Å²) in [6.07, 6.45) is 8.43. The Labute approximate surface area is 129 Å². The number of rotatable bonds is 4. The molecule has 6 nitrogen and oxygen atoms in total. The molecule has 0 aromatic carbocycles. The molecule has 6 heteroatoms. The van der Waals surface area contributed by atoms with Crippen LogP contribution in [0.1, 0.15) is 25.7 Å². The first-order valence-corrected chi connectivity index (χ1v) is 8.02. The van der Waals surface area contributed by atoms with Crippen LogP contribution in [0.3, 0.4) is 0 Å². The molecule has 0 amide bonds. The maximum absolute atomic E-state index is 9.13. The molecule has 114 valence electrons. The number of hydrogen-bond donors (Lipinski definition) is 1. The predicted octanol–water partition coefficient (Wildman–Crippen LogP) is 1.91. The number of hydrogen-bond acceptors (Lipinski definition) is 5. The van der Waals surface area contributed by atoms with Gasteiger partial charge in [0.05, 0.1) is 18.0 Å². The Morgan fingerprint density at radius 1 is 1.32 bits per heavy atom. The molecule has 1 aliphatic heterocycles. The standard InChI is InChI=1S/C16H20N6/c17-6-9-22(12-2-1-3-12)13-5-8-21(10-13)16-14-4-7-18-15(14)19-11-20-16/h4,7,11-13H,1-3,5,8-10H2,(H,18,19,20). The topological polar surface area (TPSA) is 71.8 Å². The van der Waals surface area contributed by atoms with Crippen molar-refractivity contribution < 1.29 is 0 Å². The van der Waals surface area contributed by atoms with Crippen LogP contribution in [-0.4, -0.2) is 51.6 Å². The first-order chi connectivity index (χ1) is 10.9. The molecule has 22 heavy (non-hydrogen) atoms. The van der Waals surface area contributed by atoms with Crippen LogP contribution in [0.2, 0.25) is 0 Å². The van der Waals surface area contributed by atoms with Gasteiger partial charge in [-0.15, -0.1) is 0 Å². The van der Waals surface area contributed by atoms with Crippen LogP contribution in [0.4, 0.5) is 5.82 Å². The highest BCUT2D eigenvalue weighted by atomic mass is 15.3. The van der Waals surface area contributed by atoms with Gasteiger partial charge in [-0.3, -0.25) is 4.90 Å². The van der Waals surface area contributed by atoms with Gasteiger partial charge in [-0.1, -0.05) is 6.42 Å². The maximum Gasteiger partial charge on any atom is 0.142 e. The highest BCUT2D eigenvalue weighted by Gasteiger charge is 2.35. The third kappa shape index (κ3) is 2.22. The van der Waals surface area contributed by atoms with Crippen LogP contribution in [0.25, 0.3) is 11.0 Å². The molecule has 1 aliphatic carbocycles. The Morgan fingerprint density at radius 3 is 3.00 bits per heavy atom. The van der Waals surface area contributed by atoms with E-state index in [1.54, 1.807) is 6.33 Å². The summed E-state index contributed by atoms with van der Waals surface area (Å²) in [6.45, 7) is 2.50. The number of fused-ring (bicyclic) bond motifs is 1. The Morgan fingerprint density at radius 2 is 2.23 bits per heavy atom.